The van der Waals surface area contributed by atoms with Crippen molar-refractivity contribution in [2.24, 2.45) is 0 Å². The van der Waals surface area contributed by atoms with Crippen molar-refractivity contribution in [2.45, 2.75) is 13.2 Å². The van der Waals surface area contributed by atoms with Crippen molar-refractivity contribution in [1.82, 2.24) is 9.80 Å². The zero-order valence-corrected chi connectivity index (χ0v) is 20.9. The number of hydrogen-bond donors (Lipinski definition) is 2. The van der Waals surface area contributed by atoms with Gasteiger partial charge in [-0.2, -0.15) is 0 Å². The van der Waals surface area contributed by atoms with Crippen molar-refractivity contribution in [3.8, 4) is 11.5 Å². The molecule has 200 valence electrons. The molecule has 0 saturated carbocycles. The van der Waals surface area contributed by atoms with Crippen molar-refractivity contribution >= 4 is 17.8 Å². The van der Waals surface area contributed by atoms with Crippen LogP contribution in [-0.2, 0) is 22.7 Å². The van der Waals surface area contributed by atoms with Gasteiger partial charge in [-0.05, 0) is 47.5 Å². The molecule has 38 heavy (non-hydrogen) atoms. The van der Waals surface area contributed by atoms with Crippen LogP contribution in [0.5, 0.6) is 11.5 Å². The lowest BCUT2D eigenvalue weighted by molar-refractivity contribution is -0.159. The molecule has 0 spiro atoms. The largest absolute Gasteiger partial charge is 0.493 e. The maximum Gasteiger partial charge on any atom is 0.414 e. The predicted molar refractivity (Wildman–Crippen MR) is 137 cm³/mol. The first-order chi connectivity index (χ1) is 18.3. The summed E-state index contributed by atoms with van der Waals surface area (Å²) in [7, 11) is 1.64. The monoisotopic (exact) mass is 524 g/mol. The maximum absolute atomic E-state index is 13.1. The average Bonchev–Trinajstić information content (AvgIpc) is 2.93. The summed E-state index contributed by atoms with van der Waals surface area (Å²) in [6, 6.07) is 21.8. The quantitative estimate of drug-likeness (QED) is 0.451. The van der Waals surface area contributed by atoms with E-state index in [0.717, 1.165) is 36.5 Å². The first-order valence-electron chi connectivity index (χ1n) is 11.8. The van der Waals surface area contributed by atoms with Gasteiger partial charge >= 0.3 is 11.9 Å². The number of piperazine rings is 1. The van der Waals surface area contributed by atoms with E-state index < -0.39 is 11.9 Å². The Kier molecular flexibility index (Phi) is 10.2. The van der Waals surface area contributed by atoms with Crippen molar-refractivity contribution < 1.29 is 38.5 Å². The summed E-state index contributed by atoms with van der Waals surface area (Å²) in [6.45, 7) is 4.08. The number of halogens is 1. The summed E-state index contributed by atoms with van der Waals surface area (Å²) in [5, 5.41) is 14.8. The van der Waals surface area contributed by atoms with Gasteiger partial charge in [-0.15, -0.1) is 0 Å². The lowest BCUT2D eigenvalue weighted by atomic mass is 10.1. The summed E-state index contributed by atoms with van der Waals surface area (Å²) in [6.07, 6.45) is 0. The molecule has 2 N–H and O–H groups in total. The van der Waals surface area contributed by atoms with Crippen molar-refractivity contribution in [1.29, 1.82) is 0 Å². The smallest absolute Gasteiger partial charge is 0.414 e. The van der Waals surface area contributed by atoms with E-state index in [1.54, 1.807) is 19.2 Å². The molecular weight excluding hydrogens is 495 g/mol. The topological polar surface area (TPSA) is 117 Å². The van der Waals surface area contributed by atoms with E-state index in [4.69, 9.17) is 29.3 Å². The van der Waals surface area contributed by atoms with Gasteiger partial charge in [-0.1, -0.05) is 36.4 Å². The number of amides is 1. The number of rotatable bonds is 7. The van der Waals surface area contributed by atoms with Gasteiger partial charge in [0.2, 0.25) is 0 Å². The number of carbonyl (C=O) groups is 3. The third-order valence-electron chi connectivity index (χ3n) is 5.81. The maximum atomic E-state index is 13.1. The number of aliphatic carboxylic acids is 2. The van der Waals surface area contributed by atoms with Crippen LogP contribution in [0, 0.1) is 5.82 Å². The Labute approximate surface area is 219 Å². The number of carboxylic acid groups (broad SMARTS) is 2. The molecule has 0 atom stereocenters. The van der Waals surface area contributed by atoms with E-state index in [2.05, 4.69) is 4.90 Å². The second kappa shape index (κ2) is 13.8. The van der Waals surface area contributed by atoms with E-state index in [-0.39, 0.29) is 11.7 Å². The normalized spacial score (nSPS) is 13.2. The molecule has 1 amide bonds. The minimum Gasteiger partial charge on any atom is -0.493 e. The fourth-order valence-electron chi connectivity index (χ4n) is 3.81. The molecule has 4 rings (SSSR count). The van der Waals surface area contributed by atoms with Gasteiger partial charge in [-0.25, -0.2) is 14.0 Å². The van der Waals surface area contributed by atoms with Gasteiger partial charge in [0.15, 0.2) is 11.5 Å². The Hall–Kier alpha value is -4.44. The number of hydrogen-bond acceptors (Lipinski definition) is 6. The fourth-order valence-corrected chi connectivity index (χ4v) is 3.81. The molecule has 9 nitrogen and oxygen atoms in total. The van der Waals surface area contributed by atoms with E-state index in [1.165, 1.54) is 12.1 Å². The fraction of sp³-hybridized carbons (Fsp3) is 0.250. The molecule has 0 unspecified atom stereocenters. The highest BCUT2D eigenvalue weighted by atomic mass is 19.1. The lowest BCUT2D eigenvalue weighted by Crippen LogP contribution is -2.48. The van der Waals surface area contributed by atoms with Crippen LogP contribution >= 0.6 is 0 Å². The Morgan fingerprint density at radius 2 is 1.45 bits per heavy atom. The summed E-state index contributed by atoms with van der Waals surface area (Å²) >= 11 is 0. The van der Waals surface area contributed by atoms with Crippen LogP contribution in [0.2, 0.25) is 0 Å². The van der Waals surface area contributed by atoms with Crippen LogP contribution < -0.4 is 9.47 Å². The molecule has 0 bridgehead atoms. The molecule has 0 aliphatic carbocycles. The third-order valence-corrected chi connectivity index (χ3v) is 5.81. The zero-order chi connectivity index (χ0) is 27.5. The molecular formula is C28H29FN2O7. The van der Waals surface area contributed by atoms with Crippen molar-refractivity contribution in [3.05, 3.63) is 95.3 Å². The summed E-state index contributed by atoms with van der Waals surface area (Å²) in [5.74, 6) is -2.60. The van der Waals surface area contributed by atoms with Gasteiger partial charge in [0.1, 0.15) is 12.4 Å². The number of carboxylic acids is 2. The van der Waals surface area contributed by atoms with Gasteiger partial charge in [0.05, 0.1) is 7.11 Å². The van der Waals surface area contributed by atoms with Crippen LogP contribution in [0.4, 0.5) is 4.39 Å². The van der Waals surface area contributed by atoms with Crippen LogP contribution in [-0.4, -0.2) is 71.1 Å². The SMILES string of the molecule is COc1ccc(CN2CCN(C(=O)c3ccc(F)cc3)CC2)cc1OCc1ccccc1.O=C(O)C(=O)O. The van der Waals surface area contributed by atoms with E-state index in [9.17, 15) is 9.18 Å². The van der Waals surface area contributed by atoms with Gasteiger partial charge in [-0.3, -0.25) is 9.69 Å². The summed E-state index contributed by atoms with van der Waals surface area (Å²) in [4.78, 5) is 35.0. The van der Waals surface area contributed by atoms with Crippen LogP contribution in [0.1, 0.15) is 21.5 Å². The van der Waals surface area contributed by atoms with Gasteiger partial charge in [0, 0.05) is 38.3 Å². The zero-order valence-electron chi connectivity index (χ0n) is 20.9. The highest BCUT2D eigenvalue weighted by molar-refractivity contribution is 6.27. The Morgan fingerprint density at radius 3 is 2.03 bits per heavy atom. The predicted octanol–water partition coefficient (Wildman–Crippen LogP) is 3.53. The lowest BCUT2D eigenvalue weighted by Gasteiger charge is -2.35. The highest BCUT2D eigenvalue weighted by Crippen LogP contribution is 2.29. The molecule has 1 aliphatic rings. The second-order valence-corrected chi connectivity index (χ2v) is 8.45. The van der Waals surface area contributed by atoms with E-state index >= 15 is 0 Å². The number of carbonyl (C=O) groups excluding carboxylic acids is 1. The Balaban J connectivity index is 0.000000599. The third kappa shape index (κ3) is 8.31. The Morgan fingerprint density at radius 1 is 0.816 bits per heavy atom. The molecule has 0 aromatic heterocycles. The second-order valence-electron chi connectivity index (χ2n) is 8.45. The number of methoxy groups -OCH3 is 1. The molecule has 3 aromatic rings. The number of ether oxygens (including phenoxy) is 2. The average molecular weight is 525 g/mol. The highest BCUT2D eigenvalue weighted by Gasteiger charge is 2.22. The Bertz CT molecular complexity index is 1220. The van der Waals surface area contributed by atoms with Crippen molar-refractivity contribution in [2.75, 3.05) is 33.3 Å². The standard InChI is InChI=1S/C26H27FN2O3.C2H2O4/c1-31-24-12-7-21(17-25(24)32-19-20-5-3-2-4-6-20)18-28-13-15-29(16-14-28)26(30)22-8-10-23(27)11-9-22;3-1(4)2(5)6/h2-12,17H,13-16,18-19H2,1H3;(H,3,4)(H,5,6). The van der Waals surface area contributed by atoms with Crippen LogP contribution in [0.3, 0.4) is 0 Å². The molecule has 1 heterocycles. The molecule has 1 fully saturated rings. The van der Waals surface area contributed by atoms with Crippen molar-refractivity contribution in [3.63, 3.8) is 0 Å². The van der Waals surface area contributed by atoms with E-state index in [0.29, 0.717) is 31.0 Å². The van der Waals surface area contributed by atoms with Crippen LogP contribution in [0.15, 0.2) is 72.8 Å². The summed E-state index contributed by atoms with van der Waals surface area (Å²) < 4.78 is 24.6. The number of nitrogens with zero attached hydrogens (tertiary/aromatic N) is 2. The molecule has 1 saturated heterocycles. The van der Waals surface area contributed by atoms with Crippen LogP contribution in [0.25, 0.3) is 0 Å². The molecule has 10 heteroatoms. The molecule has 3 aromatic carbocycles. The minimum atomic E-state index is -1.82. The van der Waals surface area contributed by atoms with Gasteiger partial charge in [0.25, 0.3) is 5.91 Å². The van der Waals surface area contributed by atoms with E-state index in [1.807, 2.05) is 53.4 Å². The molecule has 0 radical (unpaired) electrons. The minimum absolute atomic E-state index is 0.0503. The first kappa shape index (κ1) is 28.1. The number of benzene rings is 3. The first-order valence-corrected chi connectivity index (χ1v) is 11.8. The van der Waals surface area contributed by atoms with Gasteiger partial charge < -0.3 is 24.6 Å². The molecule has 1 aliphatic heterocycles. The summed E-state index contributed by atoms with van der Waals surface area (Å²) in [5.41, 5.74) is 2.75.